The number of aromatic nitrogens is 1. The summed E-state index contributed by atoms with van der Waals surface area (Å²) >= 11 is 6.10. The maximum absolute atomic E-state index is 12.8. The van der Waals surface area contributed by atoms with Crippen LogP contribution in [0.3, 0.4) is 0 Å². The van der Waals surface area contributed by atoms with Gasteiger partial charge >= 0.3 is 0 Å². The maximum Gasteiger partial charge on any atom is 0.219 e. The molecule has 0 aliphatic rings. The summed E-state index contributed by atoms with van der Waals surface area (Å²) in [5.74, 6) is 0.661. The Morgan fingerprint density at radius 2 is 1.90 bits per heavy atom. The lowest BCUT2D eigenvalue weighted by Crippen LogP contribution is -2.22. The Bertz CT molecular complexity index is 573. The fourth-order valence-corrected chi connectivity index (χ4v) is 1.74. The second-order valence-electron chi connectivity index (χ2n) is 4.67. The van der Waals surface area contributed by atoms with Gasteiger partial charge in [0.1, 0.15) is 11.6 Å². The van der Waals surface area contributed by atoms with E-state index in [0.29, 0.717) is 29.2 Å². The number of benzene rings is 1. The van der Waals surface area contributed by atoms with Gasteiger partial charge in [0.05, 0.1) is 10.7 Å². The fraction of sp³-hybridized carbons (Fsp3) is 0.267. The van der Waals surface area contributed by atoms with Gasteiger partial charge in [-0.3, -0.25) is 0 Å². The first-order chi connectivity index (χ1) is 9.54. The summed E-state index contributed by atoms with van der Waals surface area (Å²) in [6, 6.07) is 9.55. The first-order valence-corrected chi connectivity index (χ1v) is 6.74. The highest BCUT2D eigenvalue weighted by atomic mass is 35.5. The van der Waals surface area contributed by atoms with E-state index in [0.717, 1.165) is 5.69 Å². The first-order valence-electron chi connectivity index (χ1n) is 6.37. The molecule has 0 atom stereocenters. The fourth-order valence-electron chi connectivity index (χ4n) is 1.57. The van der Waals surface area contributed by atoms with Crippen LogP contribution in [-0.4, -0.2) is 11.0 Å². The lowest BCUT2D eigenvalue weighted by molar-refractivity contribution is 0.457. The Morgan fingerprint density at radius 3 is 2.55 bits per heavy atom. The molecule has 2 aromatic rings. The van der Waals surface area contributed by atoms with Crippen LogP contribution < -0.4 is 10.1 Å². The molecule has 0 aliphatic carbocycles. The van der Waals surface area contributed by atoms with E-state index >= 15 is 0 Å². The third-order valence-corrected chi connectivity index (χ3v) is 2.95. The number of ether oxygens (including phenoxy) is 1. The van der Waals surface area contributed by atoms with E-state index < -0.39 is 0 Å². The van der Waals surface area contributed by atoms with Crippen LogP contribution in [0.5, 0.6) is 11.6 Å². The summed E-state index contributed by atoms with van der Waals surface area (Å²) in [7, 11) is 0. The normalized spacial score (nSPS) is 10.8. The molecular formula is C15H16ClFN2O. The van der Waals surface area contributed by atoms with Crippen molar-refractivity contribution >= 4 is 11.6 Å². The molecule has 0 bridgehead atoms. The smallest absolute Gasteiger partial charge is 0.219 e. The molecule has 0 spiro atoms. The molecule has 1 aromatic heterocycles. The Balaban J connectivity index is 2.12. The van der Waals surface area contributed by atoms with Gasteiger partial charge in [0.25, 0.3) is 0 Å². The minimum absolute atomic E-state index is 0.303. The monoisotopic (exact) mass is 294 g/mol. The van der Waals surface area contributed by atoms with E-state index in [-0.39, 0.29) is 5.82 Å². The summed E-state index contributed by atoms with van der Waals surface area (Å²) in [5.41, 5.74) is 0.722. The molecule has 3 nitrogen and oxygen atoms in total. The zero-order valence-corrected chi connectivity index (χ0v) is 12.1. The number of pyridine rings is 1. The van der Waals surface area contributed by atoms with Crippen LogP contribution in [0.25, 0.3) is 0 Å². The van der Waals surface area contributed by atoms with Crippen LogP contribution >= 0.6 is 11.6 Å². The second kappa shape index (κ2) is 6.68. The van der Waals surface area contributed by atoms with Gasteiger partial charge in [0, 0.05) is 18.7 Å². The third-order valence-electron chi connectivity index (χ3n) is 2.61. The Labute approximate surface area is 122 Å². The highest BCUT2D eigenvalue weighted by Gasteiger charge is 2.06. The highest BCUT2D eigenvalue weighted by Crippen LogP contribution is 2.23. The molecule has 0 saturated heterocycles. The van der Waals surface area contributed by atoms with Gasteiger partial charge in [-0.05, 0) is 30.3 Å². The van der Waals surface area contributed by atoms with E-state index in [1.807, 2.05) is 13.8 Å². The van der Waals surface area contributed by atoms with Crippen molar-refractivity contribution in [1.82, 2.24) is 10.3 Å². The number of nitrogens with zero attached hydrogens (tertiary/aromatic N) is 1. The predicted molar refractivity (Wildman–Crippen MR) is 77.7 cm³/mol. The van der Waals surface area contributed by atoms with Gasteiger partial charge in [0.15, 0.2) is 0 Å². The van der Waals surface area contributed by atoms with Crippen LogP contribution in [0, 0.1) is 5.82 Å². The standard InChI is InChI=1S/C15H16ClFN2O/c1-10(2)18-9-14-13(16)7-8-15(19-14)20-12-5-3-11(17)4-6-12/h3-8,10,18H,9H2,1-2H3. The predicted octanol–water partition coefficient (Wildman–Crippen LogP) is 4.16. The Morgan fingerprint density at radius 1 is 1.20 bits per heavy atom. The average molecular weight is 295 g/mol. The molecule has 2 rings (SSSR count). The average Bonchev–Trinajstić information content (AvgIpc) is 2.42. The third kappa shape index (κ3) is 4.18. The van der Waals surface area contributed by atoms with E-state index in [1.54, 1.807) is 24.3 Å². The quantitative estimate of drug-likeness (QED) is 0.899. The molecule has 0 radical (unpaired) electrons. The van der Waals surface area contributed by atoms with Crippen molar-refractivity contribution < 1.29 is 9.13 Å². The lowest BCUT2D eigenvalue weighted by Gasteiger charge is -2.11. The van der Waals surface area contributed by atoms with Gasteiger partial charge in [0.2, 0.25) is 5.88 Å². The molecule has 0 amide bonds. The molecule has 1 heterocycles. The zero-order valence-electron chi connectivity index (χ0n) is 11.4. The number of hydrogen-bond acceptors (Lipinski definition) is 3. The van der Waals surface area contributed by atoms with E-state index in [4.69, 9.17) is 16.3 Å². The summed E-state index contributed by atoms with van der Waals surface area (Å²) in [5, 5.41) is 3.84. The van der Waals surface area contributed by atoms with Crippen molar-refractivity contribution in [2.45, 2.75) is 26.4 Å². The van der Waals surface area contributed by atoms with Gasteiger partial charge in [-0.2, -0.15) is 0 Å². The van der Waals surface area contributed by atoms with Crippen LogP contribution in [-0.2, 0) is 6.54 Å². The second-order valence-corrected chi connectivity index (χ2v) is 5.08. The Hall–Kier alpha value is -1.65. The molecule has 0 saturated carbocycles. The molecule has 0 aliphatic heterocycles. The molecule has 0 fully saturated rings. The van der Waals surface area contributed by atoms with Gasteiger partial charge in [-0.1, -0.05) is 25.4 Å². The topological polar surface area (TPSA) is 34.2 Å². The van der Waals surface area contributed by atoms with E-state index in [9.17, 15) is 4.39 Å². The number of halogens is 2. The summed E-state index contributed by atoms with van der Waals surface area (Å²) in [6.45, 7) is 4.66. The molecular weight excluding hydrogens is 279 g/mol. The Kier molecular flexibility index (Phi) is 4.93. The minimum Gasteiger partial charge on any atom is -0.439 e. The number of rotatable bonds is 5. The van der Waals surface area contributed by atoms with Gasteiger partial charge < -0.3 is 10.1 Å². The van der Waals surface area contributed by atoms with Crippen molar-refractivity contribution in [3.05, 3.63) is 52.9 Å². The van der Waals surface area contributed by atoms with E-state index in [2.05, 4.69) is 10.3 Å². The van der Waals surface area contributed by atoms with Crippen LogP contribution in [0.15, 0.2) is 36.4 Å². The van der Waals surface area contributed by atoms with Crippen molar-refractivity contribution in [3.63, 3.8) is 0 Å². The van der Waals surface area contributed by atoms with Crippen LogP contribution in [0.2, 0.25) is 5.02 Å². The SMILES string of the molecule is CC(C)NCc1nc(Oc2ccc(F)cc2)ccc1Cl. The summed E-state index contributed by atoms with van der Waals surface area (Å²) in [6.07, 6.45) is 0. The molecule has 5 heteroatoms. The minimum atomic E-state index is -0.303. The first kappa shape index (κ1) is 14.8. The molecule has 1 aromatic carbocycles. The maximum atomic E-state index is 12.8. The number of nitrogens with one attached hydrogen (secondary N) is 1. The highest BCUT2D eigenvalue weighted by molar-refractivity contribution is 6.31. The largest absolute Gasteiger partial charge is 0.439 e. The zero-order chi connectivity index (χ0) is 14.5. The summed E-state index contributed by atoms with van der Waals surface area (Å²) in [4.78, 5) is 4.35. The van der Waals surface area contributed by atoms with Crippen molar-refractivity contribution in [2.24, 2.45) is 0 Å². The lowest BCUT2D eigenvalue weighted by atomic mass is 10.3. The van der Waals surface area contributed by atoms with Crippen LogP contribution in [0.1, 0.15) is 19.5 Å². The number of hydrogen-bond donors (Lipinski definition) is 1. The summed E-state index contributed by atoms with van der Waals surface area (Å²) < 4.78 is 18.4. The molecule has 1 N–H and O–H groups in total. The van der Waals surface area contributed by atoms with Crippen molar-refractivity contribution in [1.29, 1.82) is 0 Å². The molecule has 106 valence electrons. The van der Waals surface area contributed by atoms with Crippen LogP contribution in [0.4, 0.5) is 4.39 Å². The van der Waals surface area contributed by atoms with Crippen molar-refractivity contribution in [3.8, 4) is 11.6 Å². The van der Waals surface area contributed by atoms with E-state index in [1.165, 1.54) is 12.1 Å². The van der Waals surface area contributed by atoms with Gasteiger partial charge in [-0.15, -0.1) is 0 Å². The van der Waals surface area contributed by atoms with Gasteiger partial charge in [-0.25, -0.2) is 9.37 Å². The van der Waals surface area contributed by atoms with Crippen molar-refractivity contribution in [2.75, 3.05) is 0 Å². The molecule has 0 unspecified atom stereocenters. The molecule has 20 heavy (non-hydrogen) atoms.